The summed E-state index contributed by atoms with van der Waals surface area (Å²) in [5, 5.41) is 6.09. The lowest BCUT2D eigenvalue weighted by Crippen LogP contribution is -2.02. The minimum absolute atomic E-state index is 0.691. The van der Waals surface area contributed by atoms with Crippen LogP contribution in [0.15, 0.2) is 5.38 Å². The zero-order valence-corrected chi connectivity index (χ0v) is 10.6. The van der Waals surface area contributed by atoms with Crippen molar-refractivity contribution in [2.24, 2.45) is 0 Å². The van der Waals surface area contributed by atoms with Gasteiger partial charge in [-0.2, -0.15) is 0 Å². The molecular formula is C11H14N4S. The van der Waals surface area contributed by atoms with E-state index in [1.54, 1.807) is 11.3 Å². The van der Waals surface area contributed by atoms with E-state index in [0.29, 0.717) is 5.82 Å². The number of aryl methyl sites for hydroxylation is 2. The van der Waals surface area contributed by atoms with Crippen LogP contribution in [0.2, 0.25) is 0 Å². The van der Waals surface area contributed by atoms with Crippen LogP contribution >= 0.6 is 11.3 Å². The molecule has 0 atom stereocenters. The molecule has 0 radical (unpaired) electrons. The molecule has 16 heavy (non-hydrogen) atoms. The van der Waals surface area contributed by atoms with Gasteiger partial charge in [-0.3, -0.25) is 0 Å². The average Bonchev–Trinajstić information content (AvgIpc) is 2.69. The molecule has 2 aromatic heterocycles. The second kappa shape index (κ2) is 4.17. The first kappa shape index (κ1) is 11.0. The molecule has 0 aliphatic heterocycles. The lowest BCUT2D eigenvalue weighted by molar-refractivity contribution is 1.06. The van der Waals surface area contributed by atoms with Gasteiger partial charge >= 0.3 is 0 Å². The summed E-state index contributed by atoms with van der Waals surface area (Å²) in [6.45, 7) is 5.98. The monoisotopic (exact) mass is 234 g/mol. The molecule has 4 nitrogen and oxygen atoms in total. The topological polar surface area (TPSA) is 50.7 Å². The van der Waals surface area contributed by atoms with Gasteiger partial charge in [0.25, 0.3) is 0 Å². The summed E-state index contributed by atoms with van der Waals surface area (Å²) in [7, 11) is 1.87. The second-order valence-electron chi connectivity index (χ2n) is 3.61. The Morgan fingerprint density at radius 3 is 2.44 bits per heavy atom. The highest BCUT2D eigenvalue weighted by Gasteiger charge is 2.10. The Morgan fingerprint density at radius 1 is 1.12 bits per heavy atom. The Balaban J connectivity index is 2.54. The van der Waals surface area contributed by atoms with Crippen molar-refractivity contribution < 1.29 is 0 Å². The Bertz CT molecular complexity index is 519. The van der Waals surface area contributed by atoms with E-state index >= 15 is 0 Å². The number of nitrogens with one attached hydrogen (secondary N) is 1. The van der Waals surface area contributed by atoms with Crippen LogP contribution in [0.25, 0.3) is 11.5 Å². The molecule has 2 rings (SSSR count). The van der Waals surface area contributed by atoms with E-state index in [1.165, 1.54) is 0 Å². The number of aromatic nitrogens is 3. The van der Waals surface area contributed by atoms with Crippen LogP contribution in [0, 0.1) is 20.8 Å². The lowest BCUT2D eigenvalue weighted by atomic mass is 10.2. The summed E-state index contributed by atoms with van der Waals surface area (Å²) in [6, 6.07) is 0. The molecule has 0 spiro atoms. The van der Waals surface area contributed by atoms with E-state index in [9.17, 15) is 0 Å². The maximum absolute atomic E-state index is 4.46. The van der Waals surface area contributed by atoms with Gasteiger partial charge < -0.3 is 5.32 Å². The highest BCUT2D eigenvalue weighted by molar-refractivity contribution is 7.09. The van der Waals surface area contributed by atoms with Crippen LogP contribution in [0.1, 0.15) is 16.3 Å². The molecule has 2 aromatic rings. The molecule has 0 fully saturated rings. The molecule has 1 N–H and O–H groups in total. The van der Waals surface area contributed by atoms with Gasteiger partial charge in [0.15, 0.2) is 5.82 Å². The van der Waals surface area contributed by atoms with Crippen LogP contribution in [0.3, 0.4) is 0 Å². The Kier molecular flexibility index (Phi) is 2.87. The summed E-state index contributed by atoms with van der Waals surface area (Å²) in [5.74, 6) is 1.56. The molecule has 0 aliphatic rings. The van der Waals surface area contributed by atoms with Crippen LogP contribution in [-0.4, -0.2) is 22.0 Å². The van der Waals surface area contributed by atoms with Crippen LogP contribution < -0.4 is 5.32 Å². The van der Waals surface area contributed by atoms with Crippen molar-refractivity contribution in [3.63, 3.8) is 0 Å². The first-order chi connectivity index (χ1) is 7.61. The summed E-state index contributed by atoms with van der Waals surface area (Å²) in [6.07, 6.45) is 0. The normalized spacial score (nSPS) is 10.5. The number of nitrogens with zero attached hydrogens (tertiary/aromatic N) is 3. The predicted octanol–water partition coefficient (Wildman–Crippen LogP) is 2.57. The highest BCUT2D eigenvalue weighted by Crippen LogP contribution is 2.22. The zero-order valence-electron chi connectivity index (χ0n) is 9.83. The number of thiazole rings is 1. The maximum Gasteiger partial charge on any atom is 0.181 e. The first-order valence-electron chi connectivity index (χ1n) is 5.07. The fourth-order valence-electron chi connectivity index (χ4n) is 1.45. The van der Waals surface area contributed by atoms with Crippen LogP contribution in [0.4, 0.5) is 5.82 Å². The molecule has 0 aliphatic carbocycles. The molecule has 0 saturated carbocycles. The molecule has 0 saturated heterocycles. The molecule has 0 aromatic carbocycles. The quantitative estimate of drug-likeness (QED) is 0.867. The van der Waals surface area contributed by atoms with Crippen molar-refractivity contribution in [1.29, 1.82) is 0 Å². The molecule has 0 unspecified atom stereocenters. The molecule has 84 valence electrons. The molecule has 2 heterocycles. The number of anilines is 1. The van der Waals surface area contributed by atoms with Gasteiger partial charge in [-0.05, 0) is 20.8 Å². The van der Waals surface area contributed by atoms with Crippen molar-refractivity contribution in [3.05, 3.63) is 21.6 Å². The standard InChI is InChI=1S/C11H14N4S/c1-6-7(2)13-11(15-10(6)12-4)9-5-16-8(3)14-9/h5H,1-4H3,(H,12,13,15). The minimum Gasteiger partial charge on any atom is -0.373 e. The number of hydrogen-bond donors (Lipinski definition) is 1. The number of hydrogen-bond acceptors (Lipinski definition) is 5. The smallest absolute Gasteiger partial charge is 0.181 e. The third-order valence-corrected chi connectivity index (χ3v) is 3.25. The third-order valence-electron chi connectivity index (χ3n) is 2.47. The Morgan fingerprint density at radius 2 is 1.88 bits per heavy atom. The number of rotatable bonds is 2. The van der Waals surface area contributed by atoms with E-state index in [0.717, 1.165) is 27.8 Å². The molecular weight excluding hydrogens is 220 g/mol. The van der Waals surface area contributed by atoms with E-state index in [2.05, 4.69) is 20.3 Å². The first-order valence-corrected chi connectivity index (χ1v) is 5.95. The summed E-state index contributed by atoms with van der Waals surface area (Å²) in [5.41, 5.74) is 2.92. The van der Waals surface area contributed by atoms with E-state index in [-0.39, 0.29) is 0 Å². The van der Waals surface area contributed by atoms with Gasteiger partial charge in [0, 0.05) is 23.7 Å². The fourth-order valence-corrected chi connectivity index (χ4v) is 2.04. The molecule has 5 heteroatoms. The van der Waals surface area contributed by atoms with Gasteiger partial charge in [-0.15, -0.1) is 11.3 Å². The van der Waals surface area contributed by atoms with E-state index < -0.39 is 0 Å². The maximum atomic E-state index is 4.46. The summed E-state index contributed by atoms with van der Waals surface area (Å²) < 4.78 is 0. The summed E-state index contributed by atoms with van der Waals surface area (Å²) >= 11 is 1.61. The van der Waals surface area contributed by atoms with Crippen molar-refractivity contribution in [2.45, 2.75) is 20.8 Å². The fraction of sp³-hybridized carbons (Fsp3) is 0.364. The van der Waals surface area contributed by atoms with Crippen molar-refractivity contribution >= 4 is 17.2 Å². The summed E-state index contributed by atoms with van der Waals surface area (Å²) in [4.78, 5) is 13.3. The van der Waals surface area contributed by atoms with Gasteiger partial charge in [-0.1, -0.05) is 0 Å². The molecule has 0 amide bonds. The van der Waals surface area contributed by atoms with Gasteiger partial charge in [-0.25, -0.2) is 15.0 Å². The van der Waals surface area contributed by atoms with Gasteiger partial charge in [0.05, 0.1) is 5.01 Å². The second-order valence-corrected chi connectivity index (χ2v) is 4.67. The van der Waals surface area contributed by atoms with Gasteiger partial charge in [0.1, 0.15) is 11.5 Å². The highest BCUT2D eigenvalue weighted by atomic mass is 32.1. The largest absolute Gasteiger partial charge is 0.373 e. The van der Waals surface area contributed by atoms with Crippen molar-refractivity contribution in [3.8, 4) is 11.5 Å². The Labute approximate surface area is 98.8 Å². The third kappa shape index (κ3) is 1.90. The predicted molar refractivity (Wildman–Crippen MR) is 66.9 cm³/mol. The molecule has 0 bridgehead atoms. The zero-order chi connectivity index (χ0) is 11.7. The average molecular weight is 234 g/mol. The van der Waals surface area contributed by atoms with Crippen LogP contribution in [0.5, 0.6) is 0 Å². The lowest BCUT2D eigenvalue weighted by Gasteiger charge is -2.08. The van der Waals surface area contributed by atoms with Crippen molar-refractivity contribution in [1.82, 2.24) is 15.0 Å². The SMILES string of the molecule is CNc1nc(-c2csc(C)n2)nc(C)c1C. The Hall–Kier alpha value is -1.49. The van der Waals surface area contributed by atoms with E-state index in [1.807, 2.05) is 33.2 Å². The van der Waals surface area contributed by atoms with E-state index in [4.69, 9.17) is 0 Å². The van der Waals surface area contributed by atoms with Crippen molar-refractivity contribution in [2.75, 3.05) is 12.4 Å². The minimum atomic E-state index is 0.691. The van der Waals surface area contributed by atoms with Gasteiger partial charge in [0.2, 0.25) is 0 Å². The van der Waals surface area contributed by atoms with Crippen LogP contribution in [-0.2, 0) is 0 Å².